The average molecular weight is 343 g/mol. The molecule has 4 heteroatoms. The molecule has 130 valence electrons. The molecule has 0 aliphatic carbocycles. The SMILES string of the molecule is O=C(C1CCN(c2ccnc3ccccc23)C1)N1CCc2ccccc21. The number of fused-ring (bicyclic) bond motifs is 2. The third kappa shape index (κ3) is 2.45. The van der Waals surface area contributed by atoms with Crippen molar-refractivity contribution in [2.24, 2.45) is 5.92 Å². The van der Waals surface area contributed by atoms with Gasteiger partial charge in [0.1, 0.15) is 0 Å². The van der Waals surface area contributed by atoms with Crippen molar-refractivity contribution in [3.8, 4) is 0 Å². The van der Waals surface area contributed by atoms with Crippen LogP contribution in [0.3, 0.4) is 0 Å². The molecule has 2 aromatic carbocycles. The van der Waals surface area contributed by atoms with E-state index in [1.165, 1.54) is 11.3 Å². The van der Waals surface area contributed by atoms with Gasteiger partial charge in [0.2, 0.25) is 5.91 Å². The van der Waals surface area contributed by atoms with Crippen molar-refractivity contribution in [2.75, 3.05) is 29.4 Å². The highest BCUT2D eigenvalue weighted by molar-refractivity contribution is 5.98. The Balaban J connectivity index is 1.38. The van der Waals surface area contributed by atoms with Crippen molar-refractivity contribution in [3.63, 3.8) is 0 Å². The number of rotatable bonds is 2. The smallest absolute Gasteiger partial charge is 0.231 e. The van der Waals surface area contributed by atoms with Gasteiger partial charge < -0.3 is 9.80 Å². The van der Waals surface area contributed by atoms with Crippen LogP contribution in [0.15, 0.2) is 60.8 Å². The number of hydrogen-bond acceptors (Lipinski definition) is 3. The Morgan fingerprint density at radius 2 is 1.81 bits per heavy atom. The first-order chi connectivity index (χ1) is 12.8. The van der Waals surface area contributed by atoms with Gasteiger partial charge in [0.15, 0.2) is 0 Å². The molecule has 3 aromatic rings. The first-order valence-electron chi connectivity index (χ1n) is 9.29. The maximum absolute atomic E-state index is 13.1. The summed E-state index contributed by atoms with van der Waals surface area (Å²) in [7, 11) is 0. The third-order valence-corrected chi connectivity index (χ3v) is 5.66. The van der Waals surface area contributed by atoms with Crippen LogP contribution in [0.2, 0.25) is 0 Å². The molecule has 2 aliphatic rings. The van der Waals surface area contributed by atoms with Crippen LogP contribution < -0.4 is 9.80 Å². The third-order valence-electron chi connectivity index (χ3n) is 5.66. The van der Waals surface area contributed by atoms with Crippen LogP contribution in [0, 0.1) is 5.92 Å². The van der Waals surface area contributed by atoms with Gasteiger partial charge in [-0.05, 0) is 36.6 Å². The standard InChI is InChI=1S/C22H21N3O/c26-22(25-14-11-16-5-1-4-8-20(16)25)17-10-13-24(15-17)21-9-12-23-19-7-3-2-6-18(19)21/h1-9,12,17H,10-11,13-15H2. The summed E-state index contributed by atoms with van der Waals surface area (Å²) in [5.74, 6) is 0.337. The molecular weight excluding hydrogens is 322 g/mol. The second kappa shape index (κ2) is 6.13. The molecule has 2 aliphatic heterocycles. The molecule has 0 spiro atoms. The Bertz CT molecular complexity index is 979. The van der Waals surface area contributed by atoms with E-state index < -0.39 is 0 Å². The maximum atomic E-state index is 13.1. The van der Waals surface area contributed by atoms with Gasteiger partial charge in [-0.1, -0.05) is 36.4 Å². The van der Waals surface area contributed by atoms with E-state index in [0.717, 1.165) is 49.1 Å². The lowest BCUT2D eigenvalue weighted by atomic mass is 10.1. The molecule has 5 rings (SSSR count). The Labute approximate surface area is 153 Å². The highest BCUT2D eigenvalue weighted by atomic mass is 16.2. The number of carbonyl (C=O) groups excluding carboxylic acids is 1. The van der Waals surface area contributed by atoms with Crippen LogP contribution in [0.25, 0.3) is 10.9 Å². The monoisotopic (exact) mass is 343 g/mol. The number of para-hydroxylation sites is 2. The van der Waals surface area contributed by atoms with Gasteiger partial charge in [-0.2, -0.15) is 0 Å². The molecule has 0 bridgehead atoms. The zero-order valence-electron chi connectivity index (χ0n) is 14.6. The number of carbonyl (C=O) groups is 1. The van der Waals surface area contributed by atoms with Crippen molar-refractivity contribution in [3.05, 3.63) is 66.4 Å². The van der Waals surface area contributed by atoms with E-state index in [9.17, 15) is 4.79 Å². The summed E-state index contributed by atoms with van der Waals surface area (Å²) in [5, 5.41) is 1.16. The van der Waals surface area contributed by atoms with Crippen molar-refractivity contribution in [2.45, 2.75) is 12.8 Å². The number of aromatic nitrogens is 1. The fourth-order valence-electron chi connectivity index (χ4n) is 4.32. The largest absolute Gasteiger partial charge is 0.370 e. The summed E-state index contributed by atoms with van der Waals surface area (Å²) in [6.45, 7) is 2.51. The van der Waals surface area contributed by atoms with Crippen LogP contribution in [0.4, 0.5) is 11.4 Å². The lowest BCUT2D eigenvalue weighted by Gasteiger charge is -2.23. The molecule has 0 saturated carbocycles. The van der Waals surface area contributed by atoms with Crippen LogP contribution in [-0.4, -0.2) is 30.5 Å². The van der Waals surface area contributed by atoms with Crippen LogP contribution in [0.5, 0.6) is 0 Å². The quantitative estimate of drug-likeness (QED) is 0.713. The zero-order chi connectivity index (χ0) is 17.5. The predicted molar refractivity (Wildman–Crippen MR) is 105 cm³/mol. The molecule has 1 fully saturated rings. The zero-order valence-corrected chi connectivity index (χ0v) is 14.6. The molecule has 0 radical (unpaired) electrons. The molecule has 3 heterocycles. The molecule has 0 N–H and O–H groups in total. The van der Waals surface area contributed by atoms with Crippen LogP contribution >= 0.6 is 0 Å². The van der Waals surface area contributed by atoms with Crippen molar-refractivity contribution in [1.29, 1.82) is 0 Å². The van der Waals surface area contributed by atoms with Crippen molar-refractivity contribution < 1.29 is 4.79 Å². The number of hydrogen-bond donors (Lipinski definition) is 0. The second-order valence-corrected chi connectivity index (χ2v) is 7.15. The van der Waals surface area contributed by atoms with Gasteiger partial charge in [0, 0.05) is 42.6 Å². The molecule has 26 heavy (non-hydrogen) atoms. The van der Waals surface area contributed by atoms with Crippen molar-refractivity contribution >= 4 is 28.2 Å². The van der Waals surface area contributed by atoms with Gasteiger partial charge in [-0.3, -0.25) is 9.78 Å². The first kappa shape index (κ1) is 15.4. The lowest BCUT2D eigenvalue weighted by Crippen LogP contribution is -2.36. The fraction of sp³-hybridized carbons (Fsp3) is 0.273. The summed E-state index contributed by atoms with van der Waals surface area (Å²) in [6, 6.07) is 18.6. The van der Waals surface area contributed by atoms with E-state index in [-0.39, 0.29) is 11.8 Å². The van der Waals surface area contributed by atoms with Gasteiger partial charge in [-0.15, -0.1) is 0 Å². The summed E-state index contributed by atoms with van der Waals surface area (Å²) < 4.78 is 0. The van der Waals surface area contributed by atoms with E-state index in [0.29, 0.717) is 0 Å². The number of nitrogens with zero attached hydrogens (tertiary/aromatic N) is 3. The molecule has 1 atom stereocenters. The molecular formula is C22H21N3O. The number of amides is 1. The Morgan fingerprint density at radius 3 is 2.77 bits per heavy atom. The molecule has 1 unspecified atom stereocenters. The highest BCUT2D eigenvalue weighted by Crippen LogP contribution is 2.33. The Hall–Kier alpha value is -2.88. The van der Waals surface area contributed by atoms with Gasteiger partial charge in [0.25, 0.3) is 0 Å². The summed E-state index contributed by atoms with van der Waals surface area (Å²) in [5.41, 5.74) is 4.59. The maximum Gasteiger partial charge on any atom is 0.231 e. The number of anilines is 2. The summed E-state index contributed by atoms with van der Waals surface area (Å²) in [6.07, 6.45) is 3.74. The Kier molecular flexibility index (Phi) is 3.63. The summed E-state index contributed by atoms with van der Waals surface area (Å²) >= 11 is 0. The van der Waals surface area contributed by atoms with Gasteiger partial charge in [0.05, 0.1) is 11.4 Å². The van der Waals surface area contributed by atoms with E-state index in [4.69, 9.17) is 0 Å². The fourth-order valence-corrected chi connectivity index (χ4v) is 4.32. The van der Waals surface area contributed by atoms with E-state index >= 15 is 0 Å². The second-order valence-electron chi connectivity index (χ2n) is 7.15. The highest BCUT2D eigenvalue weighted by Gasteiger charge is 2.34. The molecule has 4 nitrogen and oxygen atoms in total. The molecule has 1 aromatic heterocycles. The van der Waals surface area contributed by atoms with E-state index in [1.54, 1.807) is 0 Å². The minimum absolute atomic E-state index is 0.0630. The number of benzene rings is 2. The predicted octanol–water partition coefficient (Wildman–Crippen LogP) is 3.65. The Morgan fingerprint density at radius 1 is 0.962 bits per heavy atom. The van der Waals surface area contributed by atoms with E-state index in [1.807, 2.05) is 35.4 Å². The lowest BCUT2D eigenvalue weighted by molar-refractivity contribution is -0.121. The number of pyridine rings is 1. The van der Waals surface area contributed by atoms with Gasteiger partial charge >= 0.3 is 0 Å². The molecule has 1 amide bonds. The average Bonchev–Trinajstić information content (AvgIpc) is 3.34. The van der Waals surface area contributed by atoms with Gasteiger partial charge in [-0.25, -0.2) is 0 Å². The topological polar surface area (TPSA) is 36.4 Å². The van der Waals surface area contributed by atoms with E-state index in [2.05, 4.69) is 40.2 Å². The normalized spacial score (nSPS) is 19.2. The van der Waals surface area contributed by atoms with Crippen LogP contribution in [-0.2, 0) is 11.2 Å². The minimum Gasteiger partial charge on any atom is -0.370 e. The first-order valence-corrected chi connectivity index (χ1v) is 9.29. The molecule has 1 saturated heterocycles. The summed E-state index contributed by atoms with van der Waals surface area (Å²) in [4.78, 5) is 21.9. The van der Waals surface area contributed by atoms with Crippen LogP contribution in [0.1, 0.15) is 12.0 Å². The van der Waals surface area contributed by atoms with Crippen molar-refractivity contribution in [1.82, 2.24) is 4.98 Å². The minimum atomic E-state index is 0.0630.